The number of hydrogen-bond acceptors (Lipinski definition) is 8. The summed E-state index contributed by atoms with van der Waals surface area (Å²) in [4.78, 5) is 48.2. The van der Waals surface area contributed by atoms with Crippen molar-refractivity contribution in [1.29, 1.82) is 0 Å². The summed E-state index contributed by atoms with van der Waals surface area (Å²) in [6, 6.07) is -0.121. The van der Waals surface area contributed by atoms with Crippen LogP contribution in [0.4, 0.5) is 16.7 Å². The van der Waals surface area contributed by atoms with E-state index in [4.69, 9.17) is 0 Å². The summed E-state index contributed by atoms with van der Waals surface area (Å²) in [5, 5.41) is 6.16. The molecule has 3 amide bonds. The van der Waals surface area contributed by atoms with Gasteiger partial charge in [-0.05, 0) is 40.2 Å². The van der Waals surface area contributed by atoms with Crippen LogP contribution in [-0.2, 0) is 11.5 Å². The number of anilines is 2. The Bertz CT molecular complexity index is 1110. The van der Waals surface area contributed by atoms with Gasteiger partial charge in [0.05, 0.1) is 30.8 Å². The number of nitrogens with one attached hydrogen (secondary N) is 2. The Morgan fingerprint density at radius 3 is 2.67 bits per heavy atom. The van der Waals surface area contributed by atoms with Gasteiger partial charge in [0.2, 0.25) is 17.8 Å². The maximum Gasteiger partial charge on any atom is 0.324 e. The summed E-state index contributed by atoms with van der Waals surface area (Å²) in [6.07, 6.45) is 6.01. The fourth-order valence-electron chi connectivity index (χ4n) is 5.03. The largest absolute Gasteiger partial charge is 0.346 e. The molecular weight excluding hydrogens is 460 g/mol. The summed E-state index contributed by atoms with van der Waals surface area (Å²) < 4.78 is 2.04. The van der Waals surface area contributed by atoms with E-state index in [1.54, 1.807) is 11.8 Å². The lowest BCUT2D eigenvalue weighted by molar-refractivity contribution is -0.134. The highest BCUT2D eigenvalue weighted by atomic mass is 16.2. The molecular formula is C24H36N10O2. The first kappa shape index (κ1) is 25.5. The van der Waals surface area contributed by atoms with Gasteiger partial charge in [-0.3, -0.25) is 14.6 Å². The van der Waals surface area contributed by atoms with Crippen LogP contribution in [0, 0.1) is 6.92 Å². The second kappa shape index (κ2) is 10.6. The average molecular weight is 497 g/mol. The van der Waals surface area contributed by atoms with E-state index in [-0.39, 0.29) is 36.1 Å². The van der Waals surface area contributed by atoms with E-state index in [1.165, 1.54) is 6.08 Å². The van der Waals surface area contributed by atoms with Crippen molar-refractivity contribution in [3.05, 3.63) is 36.7 Å². The van der Waals surface area contributed by atoms with Crippen LogP contribution in [0.25, 0.3) is 0 Å². The van der Waals surface area contributed by atoms with Crippen LogP contribution in [0.1, 0.15) is 51.7 Å². The molecule has 4 atom stereocenters. The van der Waals surface area contributed by atoms with Crippen molar-refractivity contribution in [2.75, 3.05) is 29.9 Å². The molecule has 0 unspecified atom stereocenters. The first-order valence-electron chi connectivity index (χ1n) is 12.4. The highest BCUT2D eigenvalue weighted by molar-refractivity contribution is 5.93. The Kier molecular flexibility index (Phi) is 7.53. The summed E-state index contributed by atoms with van der Waals surface area (Å²) in [7, 11) is 0. The Hall–Kier alpha value is -3.54. The van der Waals surface area contributed by atoms with Crippen molar-refractivity contribution in [3.63, 3.8) is 0 Å². The predicted molar refractivity (Wildman–Crippen MR) is 136 cm³/mol. The number of piperazine rings is 1. The predicted octanol–water partition coefficient (Wildman–Crippen LogP) is 1.92. The van der Waals surface area contributed by atoms with Crippen molar-refractivity contribution in [1.82, 2.24) is 39.6 Å². The van der Waals surface area contributed by atoms with Gasteiger partial charge in [-0.2, -0.15) is 15.0 Å². The highest BCUT2D eigenvalue weighted by Gasteiger charge is 2.34. The highest BCUT2D eigenvalue weighted by Crippen LogP contribution is 2.22. The zero-order valence-electron chi connectivity index (χ0n) is 21.7. The first-order chi connectivity index (χ1) is 17.2. The van der Waals surface area contributed by atoms with Gasteiger partial charge in [-0.25, -0.2) is 9.78 Å². The normalized spacial score (nSPS) is 23.5. The third-order valence-corrected chi connectivity index (χ3v) is 6.72. The number of nitrogens with zero attached hydrogens (tertiary/aromatic N) is 8. The number of urea groups is 1. The van der Waals surface area contributed by atoms with Crippen molar-refractivity contribution >= 4 is 23.8 Å². The third-order valence-electron chi connectivity index (χ3n) is 6.72. The molecule has 12 heteroatoms. The number of imidazole rings is 1. The lowest BCUT2D eigenvalue weighted by atomic mass is 10.1. The molecule has 2 saturated heterocycles. The van der Waals surface area contributed by atoms with Gasteiger partial charge in [-0.1, -0.05) is 13.5 Å². The molecule has 4 heterocycles. The summed E-state index contributed by atoms with van der Waals surface area (Å²) in [5.41, 5.74) is 0.849. The van der Waals surface area contributed by atoms with Crippen molar-refractivity contribution in [3.8, 4) is 0 Å². The Labute approximate surface area is 211 Å². The molecule has 194 valence electrons. The van der Waals surface area contributed by atoms with E-state index in [2.05, 4.69) is 55.9 Å². The molecule has 0 radical (unpaired) electrons. The van der Waals surface area contributed by atoms with Crippen LogP contribution >= 0.6 is 0 Å². The van der Waals surface area contributed by atoms with Gasteiger partial charge < -0.3 is 20.1 Å². The Morgan fingerprint density at radius 1 is 1.28 bits per heavy atom. The van der Waals surface area contributed by atoms with Gasteiger partial charge in [0.25, 0.3) is 0 Å². The molecule has 2 aromatic rings. The molecule has 12 nitrogen and oxygen atoms in total. The topological polar surface area (TPSA) is 124 Å². The third kappa shape index (κ3) is 5.32. The molecule has 0 aliphatic carbocycles. The van der Waals surface area contributed by atoms with Crippen molar-refractivity contribution < 1.29 is 9.59 Å². The van der Waals surface area contributed by atoms with Crippen LogP contribution in [0.3, 0.4) is 0 Å². The standard InChI is InChI=1S/C24H36N10O2/c1-7-19-9-25-24(36)34(19)23-29-18(6)28-22(30-23)27-17(5)20-12-32(13-26-20)14-31-10-15(3)33(16(4)11-31)21(35)8-2/h8,12-13,15-17,19H,2,7,9-11,14H2,1,3-6H3,(H,25,36)(H,27,28,29,30)/t15-,16+,17-,19-/m0/s1. The molecule has 0 saturated carbocycles. The smallest absolute Gasteiger partial charge is 0.324 e. The van der Waals surface area contributed by atoms with Gasteiger partial charge in [0.1, 0.15) is 5.82 Å². The van der Waals surface area contributed by atoms with E-state index in [9.17, 15) is 9.59 Å². The lowest BCUT2D eigenvalue weighted by Crippen LogP contribution is -2.58. The van der Waals surface area contributed by atoms with Crippen LogP contribution in [-0.4, -0.2) is 84.0 Å². The Balaban J connectivity index is 1.41. The molecule has 2 N–H and O–H groups in total. The minimum Gasteiger partial charge on any atom is -0.346 e. The SMILES string of the molecule is C=CC(=O)N1[C@H](C)CN(Cn2cnc([C@H](C)Nc3nc(C)nc(N4C(=O)NC[C@@H]4CC)n3)c2)C[C@@H]1C. The molecule has 0 bridgehead atoms. The van der Waals surface area contributed by atoms with E-state index >= 15 is 0 Å². The Morgan fingerprint density at radius 2 is 2.00 bits per heavy atom. The number of rotatable bonds is 8. The van der Waals surface area contributed by atoms with Gasteiger partial charge in [-0.15, -0.1) is 0 Å². The van der Waals surface area contributed by atoms with Crippen molar-refractivity contribution in [2.24, 2.45) is 0 Å². The summed E-state index contributed by atoms with van der Waals surface area (Å²) in [5.74, 6) is 1.26. The maximum atomic E-state index is 12.3. The van der Waals surface area contributed by atoms with Crippen LogP contribution in [0.2, 0.25) is 0 Å². The summed E-state index contributed by atoms with van der Waals surface area (Å²) in [6.45, 7) is 16.4. The second-order valence-corrected chi connectivity index (χ2v) is 9.63. The fourth-order valence-corrected chi connectivity index (χ4v) is 5.03. The molecule has 36 heavy (non-hydrogen) atoms. The molecule has 0 aromatic carbocycles. The van der Waals surface area contributed by atoms with E-state index in [1.807, 2.05) is 35.8 Å². The van der Waals surface area contributed by atoms with Crippen LogP contribution < -0.4 is 15.5 Å². The number of amides is 3. The zero-order valence-corrected chi connectivity index (χ0v) is 21.7. The minimum absolute atomic E-state index is 0.0162. The second-order valence-electron chi connectivity index (χ2n) is 9.63. The number of carbonyl (C=O) groups is 2. The molecule has 2 aliphatic rings. The van der Waals surface area contributed by atoms with Gasteiger partial charge >= 0.3 is 6.03 Å². The number of aryl methyl sites for hydroxylation is 1. The molecule has 2 aliphatic heterocycles. The number of aromatic nitrogens is 5. The summed E-state index contributed by atoms with van der Waals surface area (Å²) >= 11 is 0. The lowest BCUT2D eigenvalue weighted by Gasteiger charge is -2.44. The minimum atomic E-state index is -0.191. The molecule has 2 fully saturated rings. The van der Waals surface area contributed by atoms with Crippen molar-refractivity contribution in [2.45, 2.75) is 71.9 Å². The zero-order chi connectivity index (χ0) is 26.0. The van der Waals surface area contributed by atoms with Gasteiger partial charge in [0.15, 0.2) is 0 Å². The van der Waals surface area contributed by atoms with E-state index in [0.29, 0.717) is 30.9 Å². The quantitative estimate of drug-likeness (QED) is 0.531. The monoisotopic (exact) mass is 496 g/mol. The maximum absolute atomic E-state index is 12.3. The van der Waals surface area contributed by atoms with Crippen LogP contribution in [0.5, 0.6) is 0 Å². The van der Waals surface area contributed by atoms with Gasteiger partial charge in [0, 0.05) is 37.9 Å². The average Bonchev–Trinajstić information content (AvgIpc) is 3.44. The fraction of sp³-hybridized carbons (Fsp3) is 0.583. The van der Waals surface area contributed by atoms with Crippen LogP contribution in [0.15, 0.2) is 25.2 Å². The molecule has 4 rings (SSSR count). The number of carbonyl (C=O) groups excluding carboxylic acids is 2. The molecule has 2 aromatic heterocycles. The first-order valence-corrected chi connectivity index (χ1v) is 12.4. The number of hydrogen-bond donors (Lipinski definition) is 2. The molecule has 0 spiro atoms. The van der Waals surface area contributed by atoms with E-state index < -0.39 is 0 Å². The van der Waals surface area contributed by atoms with E-state index in [0.717, 1.165) is 25.2 Å².